The van der Waals surface area contributed by atoms with Crippen LogP contribution in [0.4, 0.5) is 4.79 Å². The van der Waals surface area contributed by atoms with Gasteiger partial charge in [0.25, 0.3) is 0 Å². The van der Waals surface area contributed by atoms with Crippen LogP contribution in [0.25, 0.3) is 16.8 Å². The Bertz CT molecular complexity index is 982. The molecule has 1 amide bonds. The molecule has 1 saturated heterocycles. The van der Waals surface area contributed by atoms with Gasteiger partial charge in [-0.1, -0.05) is 13.3 Å². The molecule has 0 atom stereocenters. The first-order valence-electron chi connectivity index (χ1n) is 10.8. The summed E-state index contributed by atoms with van der Waals surface area (Å²) in [7, 11) is 0. The largest absolute Gasteiger partial charge is 0.476 e. The first-order chi connectivity index (χ1) is 15.2. The fourth-order valence-corrected chi connectivity index (χ4v) is 3.42. The van der Waals surface area contributed by atoms with Crippen molar-refractivity contribution in [3.05, 3.63) is 43.0 Å². The third-order valence-electron chi connectivity index (χ3n) is 5.33. The second-order valence-corrected chi connectivity index (χ2v) is 7.51. The molecule has 0 spiro atoms. The van der Waals surface area contributed by atoms with Crippen LogP contribution in [0.1, 0.15) is 19.8 Å². The quantitative estimate of drug-likeness (QED) is 0.514. The molecule has 0 saturated carbocycles. The third-order valence-corrected chi connectivity index (χ3v) is 5.33. The smallest absolute Gasteiger partial charge is 0.409 e. The van der Waals surface area contributed by atoms with Crippen LogP contribution < -0.4 is 4.74 Å². The zero-order valence-corrected chi connectivity index (χ0v) is 17.8. The molecule has 1 aliphatic heterocycles. The highest BCUT2D eigenvalue weighted by Crippen LogP contribution is 2.19. The molecular weight excluding hydrogens is 396 g/mol. The normalized spacial score (nSPS) is 14.7. The van der Waals surface area contributed by atoms with E-state index in [1.165, 1.54) is 0 Å². The topological polar surface area (TPSA) is 85.1 Å². The number of pyridine rings is 1. The minimum absolute atomic E-state index is 0.199. The lowest BCUT2D eigenvalue weighted by Crippen LogP contribution is -2.49. The number of carbonyl (C=O) groups is 1. The molecule has 3 aromatic heterocycles. The summed E-state index contributed by atoms with van der Waals surface area (Å²) in [4.78, 5) is 24.9. The van der Waals surface area contributed by atoms with Gasteiger partial charge >= 0.3 is 6.09 Å². The van der Waals surface area contributed by atoms with E-state index in [9.17, 15) is 4.79 Å². The van der Waals surface area contributed by atoms with Crippen LogP contribution in [0.15, 0.2) is 43.0 Å². The van der Waals surface area contributed by atoms with Crippen molar-refractivity contribution in [3.63, 3.8) is 0 Å². The summed E-state index contributed by atoms with van der Waals surface area (Å²) in [6.45, 7) is 6.94. The van der Waals surface area contributed by atoms with Gasteiger partial charge in [0.1, 0.15) is 6.61 Å². The first-order valence-corrected chi connectivity index (χ1v) is 10.8. The van der Waals surface area contributed by atoms with Crippen LogP contribution in [0.5, 0.6) is 5.88 Å². The lowest BCUT2D eigenvalue weighted by atomic mass is 10.1. The molecule has 0 unspecified atom stereocenters. The van der Waals surface area contributed by atoms with E-state index >= 15 is 0 Å². The Hall–Kier alpha value is -3.20. The van der Waals surface area contributed by atoms with Gasteiger partial charge in [-0.05, 0) is 12.5 Å². The molecule has 0 aliphatic carbocycles. The molecule has 0 aromatic carbocycles. The second-order valence-electron chi connectivity index (χ2n) is 7.51. The summed E-state index contributed by atoms with van der Waals surface area (Å²) < 4.78 is 12.8. The number of carbonyl (C=O) groups excluding carboxylic acids is 1. The highest BCUT2D eigenvalue weighted by atomic mass is 16.6. The van der Waals surface area contributed by atoms with Crippen molar-refractivity contribution in [1.29, 1.82) is 0 Å². The summed E-state index contributed by atoms with van der Waals surface area (Å²) in [6, 6.07) is 5.70. The lowest BCUT2D eigenvalue weighted by molar-refractivity contribution is 0.0717. The second kappa shape index (κ2) is 10.2. The van der Waals surface area contributed by atoms with Gasteiger partial charge in [-0.25, -0.2) is 19.3 Å². The van der Waals surface area contributed by atoms with Gasteiger partial charge in [0, 0.05) is 74.6 Å². The fraction of sp³-hybridized carbons (Fsp3) is 0.455. The minimum atomic E-state index is -0.199. The number of ether oxygens (including phenoxy) is 2. The number of nitrogens with zero attached hydrogens (tertiary/aromatic N) is 6. The Morgan fingerprint density at radius 2 is 1.87 bits per heavy atom. The van der Waals surface area contributed by atoms with Gasteiger partial charge in [-0.2, -0.15) is 5.10 Å². The Kier molecular flexibility index (Phi) is 6.93. The number of hydrogen-bond acceptors (Lipinski definition) is 7. The molecule has 4 heterocycles. The van der Waals surface area contributed by atoms with Crippen LogP contribution in [-0.4, -0.2) is 81.4 Å². The molecule has 9 heteroatoms. The maximum atomic E-state index is 12.0. The fourth-order valence-electron chi connectivity index (χ4n) is 3.42. The number of piperazine rings is 1. The molecule has 3 aromatic rings. The number of rotatable bonds is 8. The van der Waals surface area contributed by atoms with E-state index in [4.69, 9.17) is 9.47 Å². The van der Waals surface area contributed by atoms with Crippen molar-refractivity contribution in [2.24, 2.45) is 0 Å². The van der Waals surface area contributed by atoms with Gasteiger partial charge in [0.15, 0.2) is 5.65 Å². The van der Waals surface area contributed by atoms with Crippen molar-refractivity contribution in [2.45, 2.75) is 19.8 Å². The average molecular weight is 425 g/mol. The molecule has 1 aliphatic rings. The Labute approximate surface area is 181 Å². The third kappa shape index (κ3) is 5.49. The summed E-state index contributed by atoms with van der Waals surface area (Å²) in [5, 5.41) is 4.21. The molecule has 4 rings (SSSR count). The van der Waals surface area contributed by atoms with Gasteiger partial charge in [0.2, 0.25) is 5.88 Å². The van der Waals surface area contributed by atoms with Gasteiger partial charge in [0.05, 0.1) is 12.8 Å². The van der Waals surface area contributed by atoms with Crippen LogP contribution in [-0.2, 0) is 4.74 Å². The zero-order valence-electron chi connectivity index (χ0n) is 17.8. The van der Waals surface area contributed by atoms with Crippen LogP contribution in [0, 0.1) is 0 Å². The van der Waals surface area contributed by atoms with E-state index in [0.717, 1.165) is 49.2 Å². The monoisotopic (exact) mass is 424 g/mol. The van der Waals surface area contributed by atoms with Crippen molar-refractivity contribution < 1.29 is 14.3 Å². The highest BCUT2D eigenvalue weighted by molar-refractivity contribution is 5.67. The Morgan fingerprint density at radius 3 is 2.65 bits per heavy atom. The number of amides is 1. The maximum absolute atomic E-state index is 12.0. The maximum Gasteiger partial charge on any atom is 0.409 e. The van der Waals surface area contributed by atoms with Gasteiger partial charge in [-0.15, -0.1) is 0 Å². The van der Waals surface area contributed by atoms with Crippen LogP contribution in [0.2, 0.25) is 0 Å². The predicted octanol–water partition coefficient (Wildman–Crippen LogP) is 2.72. The predicted molar refractivity (Wildman–Crippen MR) is 116 cm³/mol. The van der Waals surface area contributed by atoms with E-state index in [0.29, 0.717) is 32.2 Å². The molecule has 9 nitrogen and oxygen atoms in total. The number of fused-ring (bicyclic) bond motifs is 1. The number of aromatic nitrogens is 4. The van der Waals surface area contributed by atoms with Crippen molar-refractivity contribution in [3.8, 4) is 17.0 Å². The summed E-state index contributed by atoms with van der Waals surface area (Å²) >= 11 is 0. The van der Waals surface area contributed by atoms with Crippen molar-refractivity contribution in [2.75, 3.05) is 45.9 Å². The summed E-state index contributed by atoms with van der Waals surface area (Å²) in [5.74, 6) is 0.593. The van der Waals surface area contributed by atoms with E-state index in [1.807, 2.05) is 30.6 Å². The highest BCUT2D eigenvalue weighted by Gasteiger charge is 2.21. The number of unbranched alkanes of at least 4 members (excludes halogenated alkanes) is 1. The lowest BCUT2D eigenvalue weighted by Gasteiger charge is -2.33. The van der Waals surface area contributed by atoms with E-state index < -0.39 is 0 Å². The van der Waals surface area contributed by atoms with E-state index in [-0.39, 0.29) is 6.09 Å². The minimum Gasteiger partial charge on any atom is -0.476 e. The molecule has 1 fully saturated rings. The number of hydrogen-bond donors (Lipinski definition) is 0. The summed E-state index contributed by atoms with van der Waals surface area (Å²) in [6.07, 6.45) is 8.99. The molecule has 164 valence electrons. The summed E-state index contributed by atoms with van der Waals surface area (Å²) in [5.41, 5.74) is 2.71. The first kappa shape index (κ1) is 21.0. The van der Waals surface area contributed by atoms with Crippen molar-refractivity contribution in [1.82, 2.24) is 29.4 Å². The van der Waals surface area contributed by atoms with Gasteiger partial charge in [-0.3, -0.25) is 4.90 Å². The standard InChI is InChI=1S/C22H28N6O3/c1-2-3-13-31-22(29)27-10-8-26(9-11-27)12-14-30-21-5-4-18(15-24-21)19-16-23-20-6-7-25-28(20)17-19/h4-7,15-17H,2-3,8-14H2,1H3. The molecular formula is C22H28N6O3. The Morgan fingerprint density at radius 1 is 1.03 bits per heavy atom. The average Bonchev–Trinajstić information content (AvgIpc) is 3.28. The molecule has 0 radical (unpaired) electrons. The SMILES string of the molecule is CCCCOC(=O)N1CCN(CCOc2ccc(-c3cnc4ccnn4c3)cn2)CC1. The molecule has 0 bridgehead atoms. The van der Waals surface area contributed by atoms with Crippen LogP contribution >= 0.6 is 0 Å². The van der Waals surface area contributed by atoms with E-state index in [1.54, 1.807) is 21.8 Å². The zero-order chi connectivity index (χ0) is 21.5. The van der Waals surface area contributed by atoms with Crippen LogP contribution in [0.3, 0.4) is 0 Å². The Balaban J connectivity index is 1.19. The van der Waals surface area contributed by atoms with E-state index in [2.05, 4.69) is 26.9 Å². The van der Waals surface area contributed by atoms with Crippen molar-refractivity contribution >= 4 is 11.7 Å². The molecule has 31 heavy (non-hydrogen) atoms. The van der Waals surface area contributed by atoms with Gasteiger partial charge < -0.3 is 14.4 Å². The molecule has 0 N–H and O–H groups in total.